The molecule has 20 heavy (non-hydrogen) atoms. The average Bonchev–Trinajstić information content (AvgIpc) is 2.46. The first kappa shape index (κ1) is 13.4. The Hall–Kier alpha value is -1.58. The molecular formula is C16H22N2O2. The number of aromatic carboxylic acids is 1. The Morgan fingerprint density at radius 1 is 1.30 bits per heavy atom. The number of pyridine rings is 1. The average molecular weight is 274 g/mol. The van der Waals surface area contributed by atoms with Gasteiger partial charge in [-0.1, -0.05) is 6.92 Å². The number of fused-ring (bicyclic) bond motifs is 1. The van der Waals surface area contributed by atoms with Crippen molar-refractivity contribution >= 4 is 11.8 Å². The number of piperidine rings is 1. The van der Waals surface area contributed by atoms with Crippen molar-refractivity contribution in [3.05, 3.63) is 22.9 Å². The molecule has 4 heteroatoms. The number of rotatable bonds is 2. The Morgan fingerprint density at radius 2 is 2.00 bits per heavy atom. The van der Waals surface area contributed by atoms with Crippen LogP contribution in [0.5, 0.6) is 0 Å². The van der Waals surface area contributed by atoms with Gasteiger partial charge in [0.1, 0.15) is 11.4 Å². The van der Waals surface area contributed by atoms with Gasteiger partial charge in [0, 0.05) is 18.8 Å². The highest BCUT2D eigenvalue weighted by Gasteiger charge is 2.25. The van der Waals surface area contributed by atoms with Crippen molar-refractivity contribution in [2.24, 2.45) is 5.92 Å². The van der Waals surface area contributed by atoms with E-state index in [-0.39, 0.29) is 0 Å². The van der Waals surface area contributed by atoms with Crippen LogP contribution in [0, 0.1) is 5.92 Å². The van der Waals surface area contributed by atoms with Crippen LogP contribution in [0.1, 0.15) is 54.2 Å². The number of aromatic nitrogens is 1. The second-order valence-electron chi connectivity index (χ2n) is 6.15. The first-order chi connectivity index (χ1) is 9.65. The van der Waals surface area contributed by atoms with Crippen molar-refractivity contribution in [2.75, 3.05) is 18.0 Å². The van der Waals surface area contributed by atoms with E-state index in [9.17, 15) is 9.90 Å². The number of carbonyl (C=O) groups is 1. The predicted octanol–water partition coefficient (Wildman–Crippen LogP) is 2.89. The van der Waals surface area contributed by atoms with Gasteiger partial charge in [-0.25, -0.2) is 9.78 Å². The van der Waals surface area contributed by atoms with Gasteiger partial charge in [-0.2, -0.15) is 0 Å². The molecule has 1 N–H and O–H groups in total. The number of carboxylic acids is 1. The Morgan fingerprint density at radius 3 is 2.70 bits per heavy atom. The molecule has 0 unspecified atom stereocenters. The zero-order valence-corrected chi connectivity index (χ0v) is 12.1. The second-order valence-corrected chi connectivity index (χ2v) is 6.15. The van der Waals surface area contributed by atoms with Crippen LogP contribution in [-0.4, -0.2) is 29.1 Å². The monoisotopic (exact) mass is 274 g/mol. The molecule has 0 atom stereocenters. The molecule has 0 amide bonds. The molecule has 2 aliphatic rings. The normalized spacial score (nSPS) is 19.8. The Labute approximate surface area is 119 Å². The van der Waals surface area contributed by atoms with Crippen molar-refractivity contribution in [1.29, 1.82) is 0 Å². The molecular weight excluding hydrogens is 252 g/mol. The minimum absolute atomic E-state index is 0.389. The van der Waals surface area contributed by atoms with Crippen LogP contribution in [0.2, 0.25) is 0 Å². The molecule has 1 aromatic heterocycles. The van der Waals surface area contributed by atoms with Gasteiger partial charge in [0.15, 0.2) is 0 Å². The van der Waals surface area contributed by atoms with Crippen LogP contribution in [0.15, 0.2) is 6.07 Å². The third kappa shape index (κ3) is 2.51. The van der Waals surface area contributed by atoms with Crippen molar-refractivity contribution in [2.45, 2.75) is 45.4 Å². The number of nitrogens with zero attached hydrogens (tertiary/aromatic N) is 2. The lowest BCUT2D eigenvalue weighted by Gasteiger charge is -2.33. The number of carboxylic acid groups (broad SMARTS) is 1. The minimum atomic E-state index is -0.848. The van der Waals surface area contributed by atoms with Gasteiger partial charge >= 0.3 is 5.97 Å². The Balaban J connectivity index is 1.97. The van der Waals surface area contributed by atoms with Crippen molar-refractivity contribution in [1.82, 2.24) is 4.98 Å². The Bertz CT molecular complexity index is 519. The summed E-state index contributed by atoms with van der Waals surface area (Å²) in [6.45, 7) is 4.11. The highest BCUT2D eigenvalue weighted by atomic mass is 16.4. The van der Waals surface area contributed by atoms with Crippen molar-refractivity contribution < 1.29 is 9.90 Å². The summed E-state index contributed by atoms with van der Waals surface area (Å²) < 4.78 is 0. The first-order valence-electron chi connectivity index (χ1n) is 7.66. The van der Waals surface area contributed by atoms with Gasteiger partial charge in [-0.15, -0.1) is 0 Å². The Kier molecular flexibility index (Phi) is 3.64. The molecule has 1 fully saturated rings. The summed E-state index contributed by atoms with van der Waals surface area (Å²) in [5.74, 6) is 0.585. The molecule has 108 valence electrons. The van der Waals surface area contributed by atoms with Gasteiger partial charge in [-0.3, -0.25) is 0 Å². The smallest absolute Gasteiger partial charge is 0.339 e. The third-order valence-electron chi connectivity index (χ3n) is 4.59. The van der Waals surface area contributed by atoms with E-state index in [1.807, 2.05) is 6.07 Å². The predicted molar refractivity (Wildman–Crippen MR) is 78.4 cm³/mol. The van der Waals surface area contributed by atoms with Gasteiger partial charge in [0.05, 0.1) is 0 Å². The van der Waals surface area contributed by atoms with Crippen LogP contribution in [0.25, 0.3) is 0 Å². The standard InChI is InChI=1S/C16H22N2O2/c1-11-6-8-18(9-7-11)15-13(16(19)20)10-12-4-2-3-5-14(12)17-15/h10-11H,2-9H2,1H3,(H,19,20). The molecule has 4 nitrogen and oxygen atoms in total. The largest absolute Gasteiger partial charge is 0.478 e. The molecule has 1 aliphatic heterocycles. The van der Waals surface area contributed by atoms with Crippen molar-refractivity contribution in [3.8, 4) is 0 Å². The molecule has 0 bridgehead atoms. The summed E-state index contributed by atoms with van der Waals surface area (Å²) in [5.41, 5.74) is 2.65. The topological polar surface area (TPSA) is 53.4 Å². The number of hydrogen-bond acceptors (Lipinski definition) is 3. The van der Waals surface area contributed by atoms with Gasteiger partial charge in [-0.05, 0) is 56.1 Å². The molecule has 0 radical (unpaired) electrons. The third-order valence-corrected chi connectivity index (χ3v) is 4.59. The zero-order valence-electron chi connectivity index (χ0n) is 12.1. The number of hydrogen-bond donors (Lipinski definition) is 1. The maximum absolute atomic E-state index is 11.5. The van der Waals surface area contributed by atoms with E-state index in [1.54, 1.807) is 0 Å². The molecule has 0 spiro atoms. The molecule has 1 saturated heterocycles. The quantitative estimate of drug-likeness (QED) is 0.901. The molecule has 1 aliphatic carbocycles. The van der Waals surface area contributed by atoms with E-state index in [0.717, 1.165) is 62.4 Å². The fourth-order valence-corrected chi connectivity index (χ4v) is 3.24. The maximum Gasteiger partial charge on any atom is 0.339 e. The molecule has 2 heterocycles. The fourth-order valence-electron chi connectivity index (χ4n) is 3.24. The lowest BCUT2D eigenvalue weighted by Crippen LogP contribution is -2.35. The van der Waals surface area contributed by atoms with Gasteiger partial charge in [0.25, 0.3) is 0 Å². The van der Waals surface area contributed by atoms with E-state index in [2.05, 4.69) is 11.8 Å². The van der Waals surface area contributed by atoms with Crippen LogP contribution in [-0.2, 0) is 12.8 Å². The number of aryl methyl sites for hydroxylation is 2. The van der Waals surface area contributed by atoms with Crippen LogP contribution >= 0.6 is 0 Å². The van der Waals surface area contributed by atoms with Gasteiger partial charge < -0.3 is 10.0 Å². The lowest BCUT2D eigenvalue weighted by atomic mass is 9.94. The van der Waals surface area contributed by atoms with Gasteiger partial charge in [0.2, 0.25) is 0 Å². The van der Waals surface area contributed by atoms with E-state index in [0.29, 0.717) is 11.4 Å². The maximum atomic E-state index is 11.5. The minimum Gasteiger partial charge on any atom is -0.478 e. The van der Waals surface area contributed by atoms with Crippen LogP contribution in [0.4, 0.5) is 5.82 Å². The van der Waals surface area contributed by atoms with E-state index in [1.165, 1.54) is 6.42 Å². The second kappa shape index (κ2) is 5.43. The fraction of sp³-hybridized carbons (Fsp3) is 0.625. The summed E-state index contributed by atoms with van der Waals surface area (Å²) in [5, 5.41) is 9.48. The summed E-state index contributed by atoms with van der Waals surface area (Å²) >= 11 is 0. The van der Waals surface area contributed by atoms with Crippen molar-refractivity contribution in [3.63, 3.8) is 0 Å². The summed E-state index contributed by atoms with van der Waals surface area (Å²) in [4.78, 5) is 18.4. The molecule has 3 rings (SSSR count). The van der Waals surface area contributed by atoms with E-state index < -0.39 is 5.97 Å². The summed E-state index contributed by atoms with van der Waals surface area (Å²) in [6.07, 6.45) is 6.53. The summed E-state index contributed by atoms with van der Waals surface area (Å²) in [6, 6.07) is 1.87. The molecule has 0 aromatic carbocycles. The lowest BCUT2D eigenvalue weighted by molar-refractivity contribution is 0.0697. The zero-order chi connectivity index (χ0) is 14.1. The summed E-state index contributed by atoms with van der Waals surface area (Å²) in [7, 11) is 0. The van der Waals surface area contributed by atoms with E-state index >= 15 is 0 Å². The number of anilines is 1. The highest BCUT2D eigenvalue weighted by Crippen LogP contribution is 2.29. The van der Waals surface area contributed by atoms with E-state index in [4.69, 9.17) is 4.98 Å². The molecule has 1 aromatic rings. The van der Waals surface area contributed by atoms with Crippen LogP contribution in [0.3, 0.4) is 0 Å². The SMILES string of the molecule is CC1CCN(c2nc3c(cc2C(=O)O)CCCC3)CC1. The van der Waals surface area contributed by atoms with Crippen LogP contribution < -0.4 is 4.90 Å². The highest BCUT2D eigenvalue weighted by molar-refractivity contribution is 5.93. The molecule has 0 saturated carbocycles. The first-order valence-corrected chi connectivity index (χ1v) is 7.66.